The molecule has 3 heteroatoms. The Kier molecular flexibility index (Phi) is 5.86. The number of hydrogen-bond acceptors (Lipinski definition) is 2. The van der Waals surface area contributed by atoms with Crippen LogP contribution >= 0.6 is 22.6 Å². The summed E-state index contributed by atoms with van der Waals surface area (Å²) in [6.45, 7) is 5.74. The lowest BCUT2D eigenvalue weighted by atomic mass is 10.1. The van der Waals surface area contributed by atoms with E-state index in [9.17, 15) is 0 Å². The van der Waals surface area contributed by atoms with Crippen LogP contribution in [0, 0.1) is 3.57 Å². The van der Waals surface area contributed by atoms with E-state index in [1.165, 1.54) is 14.7 Å². The largest absolute Gasteiger partial charge is 0.494 e. The van der Waals surface area contributed by atoms with E-state index >= 15 is 0 Å². The third kappa shape index (κ3) is 4.49. The van der Waals surface area contributed by atoms with Gasteiger partial charge in [-0.15, -0.1) is 0 Å². The molecule has 0 aromatic heterocycles. The number of rotatable bonds is 6. The van der Waals surface area contributed by atoms with Crippen LogP contribution in [0.25, 0.3) is 0 Å². The van der Waals surface area contributed by atoms with Gasteiger partial charge in [-0.05, 0) is 71.8 Å². The maximum atomic E-state index is 5.52. The van der Waals surface area contributed by atoms with E-state index in [1.54, 1.807) is 0 Å². The summed E-state index contributed by atoms with van der Waals surface area (Å²) in [7, 11) is 0. The predicted octanol–water partition coefficient (Wildman–Crippen LogP) is 4.54. The maximum absolute atomic E-state index is 5.52. The van der Waals surface area contributed by atoms with Gasteiger partial charge in [0.1, 0.15) is 5.75 Å². The first-order valence-corrected chi connectivity index (χ1v) is 7.97. The molecule has 0 spiro atoms. The fourth-order valence-corrected chi connectivity index (χ4v) is 2.41. The van der Waals surface area contributed by atoms with Gasteiger partial charge >= 0.3 is 0 Å². The Hall–Kier alpha value is -1.07. The van der Waals surface area contributed by atoms with Gasteiger partial charge in [0.05, 0.1) is 6.61 Å². The van der Waals surface area contributed by atoms with Crippen LogP contribution in [0.5, 0.6) is 5.75 Å². The molecule has 0 aliphatic carbocycles. The summed E-state index contributed by atoms with van der Waals surface area (Å²) in [4.78, 5) is 0. The summed E-state index contributed by atoms with van der Waals surface area (Å²) in [6, 6.07) is 17.2. The van der Waals surface area contributed by atoms with Gasteiger partial charge in [-0.25, -0.2) is 0 Å². The first kappa shape index (κ1) is 15.3. The second-order valence-electron chi connectivity index (χ2n) is 4.73. The molecule has 2 aromatic carbocycles. The first-order chi connectivity index (χ1) is 9.69. The number of ether oxygens (including phenoxy) is 1. The molecule has 20 heavy (non-hydrogen) atoms. The highest BCUT2D eigenvalue weighted by Crippen LogP contribution is 2.17. The average molecular weight is 381 g/mol. The number of nitrogens with one attached hydrogen (secondary N) is 1. The Morgan fingerprint density at radius 3 is 2.60 bits per heavy atom. The number of hydrogen-bond donors (Lipinski definition) is 1. The van der Waals surface area contributed by atoms with Crippen molar-refractivity contribution in [2.24, 2.45) is 0 Å². The molecular formula is C17H20INO. The molecule has 106 valence electrons. The third-order valence-electron chi connectivity index (χ3n) is 3.19. The zero-order valence-corrected chi connectivity index (χ0v) is 14.1. The summed E-state index contributed by atoms with van der Waals surface area (Å²) < 4.78 is 6.79. The number of benzene rings is 2. The molecule has 1 unspecified atom stereocenters. The highest BCUT2D eigenvalue weighted by Gasteiger charge is 2.05. The fourth-order valence-electron chi connectivity index (χ4n) is 2.05. The second kappa shape index (κ2) is 7.64. The van der Waals surface area contributed by atoms with E-state index in [0.29, 0.717) is 12.6 Å². The van der Waals surface area contributed by atoms with Crippen molar-refractivity contribution in [3.8, 4) is 5.75 Å². The van der Waals surface area contributed by atoms with Crippen molar-refractivity contribution >= 4 is 22.6 Å². The smallest absolute Gasteiger partial charge is 0.119 e. The fraction of sp³-hybridized carbons (Fsp3) is 0.294. The van der Waals surface area contributed by atoms with Gasteiger partial charge in [0, 0.05) is 16.2 Å². The molecule has 2 nitrogen and oxygen atoms in total. The quantitative estimate of drug-likeness (QED) is 0.742. The van der Waals surface area contributed by atoms with Gasteiger partial charge in [0.2, 0.25) is 0 Å². The van der Waals surface area contributed by atoms with E-state index in [0.717, 1.165) is 12.3 Å². The van der Waals surface area contributed by atoms with Gasteiger partial charge in [0.25, 0.3) is 0 Å². The van der Waals surface area contributed by atoms with Crippen LogP contribution in [0.4, 0.5) is 0 Å². The van der Waals surface area contributed by atoms with E-state index in [4.69, 9.17) is 4.74 Å². The summed E-state index contributed by atoms with van der Waals surface area (Å²) >= 11 is 2.33. The van der Waals surface area contributed by atoms with E-state index in [1.807, 2.05) is 19.1 Å². The zero-order chi connectivity index (χ0) is 14.4. The molecule has 0 amide bonds. The molecule has 0 radical (unpaired) electrons. The summed E-state index contributed by atoms with van der Waals surface area (Å²) in [6.07, 6.45) is 0. The zero-order valence-electron chi connectivity index (χ0n) is 11.9. The topological polar surface area (TPSA) is 21.3 Å². The van der Waals surface area contributed by atoms with Gasteiger partial charge < -0.3 is 10.1 Å². The summed E-state index contributed by atoms with van der Waals surface area (Å²) in [5.74, 6) is 0.939. The molecule has 0 aliphatic heterocycles. The lowest BCUT2D eigenvalue weighted by Crippen LogP contribution is -2.18. The van der Waals surface area contributed by atoms with Crippen molar-refractivity contribution in [3.05, 3.63) is 63.2 Å². The first-order valence-electron chi connectivity index (χ1n) is 6.89. The monoisotopic (exact) mass is 381 g/mol. The van der Waals surface area contributed by atoms with Crippen LogP contribution in [0.1, 0.15) is 31.0 Å². The minimum absolute atomic E-state index is 0.336. The third-order valence-corrected chi connectivity index (χ3v) is 3.91. The van der Waals surface area contributed by atoms with Crippen molar-refractivity contribution in [1.82, 2.24) is 5.32 Å². The highest BCUT2D eigenvalue weighted by molar-refractivity contribution is 14.1. The molecular weight excluding hydrogens is 361 g/mol. The lowest BCUT2D eigenvalue weighted by molar-refractivity contribution is 0.339. The maximum Gasteiger partial charge on any atom is 0.119 e. The average Bonchev–Trinajstić information content (AvgIpc) is 2.46. The van der Waals surface area contributed by atoms with Crippen molar-refractivity contribution in [2.75, 3.05) is 6.61 Å². The van der Waals surface area contributed by atoms with E-state index in [-0.39, 0.29) is 0 Å². The van der Waals surface area contributed by atoms with Crippen molar-refractivity contribution in [3.63, 3.8) is 0 Å². The van der Waals surface area contributed by atoms with E-state index < -0.39 is 0 Å². The molecule has 1 N–H and O–H groups in total. The van der Waals surface area contributed by atoms with Crippen LogP contribution in [0.15, 0.2) is 48.5 Å². The van der Waals surface area contributed by atoms with Crippen LogP contribution in [-0.2, 0) is 6.54 Å². The molecule has 0 bridgehead atoms. The Balaban J connectivity index is 1.94. The standard InChI is InChI=1S/C17H20INO/c1-3-20-17-6-4-5-14(11-17)12-19-13(2)15-7-9-16(18)10-8-15/h4-11,13,19H,3,12H2,1-2H3. The van der Waals surface area contributed by atoms with Crippen LogP contribution in [0.2, 0.25) is 0 Å². The minimum Gasteiger partial charge on any atom is -0.494 e. The molecule has 2 rings (SSSR count). The van der Waals surface area contributed by atoms with Gasteiger partial charge in [-0.2, -0.15) is 0 Å². The van der Waals surface area contributed by atoms with Crippen LogP contribution in [-0.4, -0.2) is 6.61 Å². The summed E-state index contributed by atoms with van der Waals surface area (Å²) in [5, 5.41) is 3.55. The molecule has 0 saturated carbocycles. The Morgan fingerprint density at radius 2 is 1.90 bits per heavy atom. The normalized spacial score (nSPS) is 12.2. The Labute approximate surface area is 134 Å². The van der Waals surface area contributed by atoms with Crippen LogP contribution in [0.3, 0.4) is 0 Å². The lowest BCUT2D eigenvalue weighted by Gasteiger charge is -2.15. The second-order valence-corrected chi connectivity index (χ2v) is 5.98. The van der Waals surface area contributed by atoms with E-state index in [2.05, 4.69) is 71.2 Å². The molecule has 2 aromatic rings. The van der Waals surface area contributed by atoms with Crippen molar-refractivity contribution in [1.29, 1.82) is 0 Å². The predicted molar refractivity (Wildman–Crippen MR) is 92.0 cm³/mol. The Bertz CT molecular complexity index is 539. The molecule has 1 atom stereocenters. The van der Waals surface area contributed by atoms with Crippen molar-refractivity contribution < 1.29 is 4.74 Å². The van der Waals surface area contributed by atoms with Crippen LogP contribution < -0.4 is 10.1 Å². The van der Waals surface area contributed by atoms with Gasteiger partial charge in [0.15, 0.2) is 0 Å². The van der Waals surface area contributed by atoms with Gasteiger partial charge in [-0.3, -0.25) is 0 Å². The van der Waals surface area contributed by atoms with Crippen molar-refractivity contribution in [2.45, 2.75) is 26.4 Å². The highest BCUT2D eigenvalue weighted by atomic mass is 127. The minimum atomic E-state index is 0.336. The molecule has 0 fully saturated rings. The van der Waals surface area contributed by atoms with Gasteiger partial charge in [-0.1, -0.05) is 24.3 Å². The number of halogens is 1. The Morgan fingerprint density at radius 1 is 1.15 bits per heavy atom. The SMILES string of the molecule is CCOc1cccc(CNC(C)c2ccc(I)cc2)c1. The summed E-state index contributed by atoms with van der Waals surface area (Å²) in [5.41, 5.74) is 2.56. The molecule has 0 saturated heterocycles. The molecule has 0 aliphatic rings. The molecule has 0 heterocycles.